The van der Waals surface area contributed by atoms with Gasteiger partial charge in [0.05, 0.1) is 72.7 Å². The van der Waals surface area contributed by atoms with Crippen LogP contribution in [0.2, 0.25) is 0 Å². The molecule has 0 atom stereocenters. The zero-order chi connectivity index (χ0) is 30.2. The molecule has 0 radical (unpaired) electrons. The smallest absolute Gasteiger partial charge is 0.244 e. The number of nitrogens with one attached hydrogen (secondary N) is 1. The summed E-state index contributed by atoms with van der Waals surface area (Å²) in [7, 11) is 1.65. The Morgan fingerprint density at radius 1 is 0.805 bits per heavy atom. The third kappa shape index (κ3) is 19.6. The van der Waals surface area contributed by atoms with Gasteiger partial charge < -0.3 is 33.7 Å². The lowest BCUT2D eigenvalue weighted by molar-refractivity contribution is -0.116. The van der Waals surface area contributed by atoms with Crippen molar-refractivity contribution in [2.75, 3.05) is 86.3 Å². The van der Waals surface area contributed by atoms with Crippen molar-refractivity contribution in [2.45, 2.75) is 53.9 Å². The second-order valence-corrected chi connectivity index (χ2v) is 10.8. The Hall–Kier alpha value is -2.07. The number of rotatable bonds is 23. The molecule has 1 rings (SSSR count). The second-order valence-electron chi connectivity index (χ2n) is 10.8. The average molecular weight is 578 g/mol. The summed E-state index contributed by atoms with van der Waals surface area (Å²) in [4.78, 5) is 12.1. The van der Waals surface area contributed by atoms with Crippen molar-refractivity contribution in [2.24, 2.45) is 5.41 Å². The van der Waals surface area contributed by atoms with Crippen LogP contribution in [-0.4, -0.2) is 92.2 Å². The molecule has 8 heteroatoms. The Balaban J connectivity index is 2.06. The van der Waals surface area contributed by atoms with Gasteiger partial charge in [0, 0.05) is 19.7 Å². The number of allylic oxidation sites excluding steroid dienone is 9. The Bertz CT molecular complexity index is 871. The molecule has 0 aliphatic heterocycles. The molecule has 0 fully saturated rings. The number of ether oxygens (including phenoxy) is 6. The van der Waals surface area contributed by atoms with Crippen LogP contribution in [0.3, 0.4) is 0 Å². The zero-order valence-electron chi connectivity index (χ0n) is 26.4. The van der Waals surface area contributed by atoms with Gasteiger partial charge >= 0.3 is 0 Å². The molecule has 0 saturated heterocycles. The molecular weight excluding hydrogens is 522 g/mol. The third-order valence-electron chi connectivity index (χ3n) is 6.60. The molecule has 0 unspecified atom stereocenters. The summed E-state index contributed by atoms with van der Waals surface area (Å²) in [6, 6.07) is 0. The topological polar surface area (TPSA) is 84.5 Å². The van der Waals surface area contributed by atoms with E-state index in [9.17, 15) is 4.79 Å². The van der Waals surface area contributed by atoms with E-state index in [1.54, 1.807) is 13.2 Å². The Kier molecular flexibility index (Phi) is 21.2. The van der Waals surface area contributed by atoms with Gasteiger partial charge in [0.15, 0.2) is 0 Å². The lowest BCUT2D eigenvalue weighted by Gasteiger charge is -2.32. The number of hydrogen-bond donors (Lipinski definition) is 1. The molecule has 1 aliphatic rings. The number of hydrogen-bond acceptors (Lipinski definition) is 7. The van der Waals surface area contributed by atoms with Crippen LogP contribution < -0.4 is 5.32 Å². The number of methoxy groups -OCH3 is 1. The molecule has 0 aromatic heterocycles. The van der Waals surface area contributed by atoms with Crippen molar-refractivity contribution in [3.8, 4) is 0 Å². The van der Waals surface area contributed by atoms with Gasteiger partial charge in [-0.3, -0.25) is 4.79 Å². The minimum absolute atomic E-state index is 0.130. The molecule has 0 heterocycles. The molecule has 0 saturated carbocycles. The third-order valence-corrected chi connectivity index (χ3v) is 6.60. The van der Waals surface area contributed by atoms with E-state index in [-0.39, 0.29) is 11.3 Å². The van der Waals surface area contributed by atoms with Gasteiger partial charge in [0.2, 0.25) is 5.91 Å². The molecule has 234 valence electrons. The minimum Gasteiger partial charge on any atom is -0.382 e. The maximum absolute atomic E-state index is 12.1. The second kappa shape index (κ2) is 23.5. The van der Waals surface area contributed by atoms with Crippen molar-refractivity contribution in [1.29, 1.82) is 0 Å². The molecule has 0 spiro atoms. The van der Waals surface area contributed by atoms with Gasteiger partial charge in [-0.15, -0.1) is 0 Å². The van der Waals surface area contributed by atoms with Crippen LogP contribution in [0.25, 0.3) is 0 Å². The zero-order valence-corrected chi connectivity index (χ0v) is 26.4. The van der Waals surface area contributed by atoms with Gasteiger partial charge in [-0.1, -0.05) is 55.4 Å². The predicted molar refractivity (Wildman–Crippen MR) is 165 cm³/mol. The maximum Gasteiger partial charge on any atom is 0.244 e. The Labute approximate surface area is 248 Å². The summed E-state index contributed by atoms with van der Waals surface area (Å²) in [6.07, 6.45) is 15.8. The SMILES string of the molecule is COCCOCCOCCOCCOCCOCCNC(=O)/C=C(C)/C=C/C=C(C)/C=C/C1=C(C)CCCC1(C)C. The van der Waals surface area contributed by atoms with E-state index < -0.39 is 0 Å². The molecule has 0 aromatic carbocycles. The van der Waals surface area contributed by atoms with Crippen LogP contribution >= 0.6 is 0 Å². The fourth-order valence-electron chi connectivity index (χ4n) is 4.31. The summed E-state index contributed by atoms with van der Waals surface area (Å²) < 4.78 is 32.0. The summed E-state index contributed by atoms with van der Waals surface area (Å²) >= 11 is 0. The first-order valence-electron chi connectivity index (χ1n) is 14.8. The van der Waals surface area contributed by atoms with Crippen LogP contribution in [0.4, 0.5) is 0 Å². The Morgan fingerprint density at radius 3 is 1.88 bits per heavy atom. The molecule has 1 aliphatic carbocycles. The van der Waals surface area contributed by atoms with Crippen molar-refractivity contribution in [3.05, 3.63) is 58.7 Å². The standard InChI is InChI=1S/C33H55NO7/c1-28(12-13-31-30(3)11-8-14-33(31,4)5)9-7-10-29(2)27-32(35)34-15-16-37-19-20-39-23-24-41-26-25-40-22-21-38-18-17-36-6/h7,9-10,12-13,27H,8,11,14-26H2,1-6H3,(H,34,35)/b10-7+,13-12+,28-9+,29-27+. The highest BCUT2D eigenvalue weighted by Crippen LogP contribution is 2.40. The number of amides is 1. The van der Waals surface area contributed by atoms with Gasteiger partial charge in [-0.25, -0.2) is 0 Å². The summed E-state index contributed by atoms with van der Waals surface area (Å²) in [5.74, 6) is -0.130. The molecule has 8 nitrogen and oxygen atoms in total. The monoisotopic (exact) mass is 577 g/mol. The fraction of sp³-hybridized carbons (Fsp3) is 0.667. The van der Waals surface area contributed by atoms with Gasteiger partial charge in [0.25, 0.3) is 0 Å². The van der Waals surface area contributed by atoms with Crippen molar-refractivity contribution < 1.29 is 33.2 Å². The highest BCUT2D eigenvalue weighted by molar-refractivity contribution is 5.88. The predicted octanol–water partition coefficient (Wildman–Crippen LogP) is 5.36. The van der Waals surface area contributed by atoms with Gasteiger partial charge in [-0.2, -0.15) is 0 Å². The van der Waals surface area contributed by atoms with Crippen LogP contribution in [0.5, 0.6) is 0 Å². The van der Waals surface area contributed by atoms with Crippen molar-refractivity contribution in [3.63, 3.8) is 0 Å². The normalized spacial score (nSPS) is 16.3. The molecule has 41 heavy (non-hydrogen) atoms. The summed E-state index contributed by atoms with van der Waals surface area (Å²) in [5.41, 5.74) is 5.27. The highest BCUT2D eigenvalue weighted by atomic mass is 16.6. The van der Waals surface area contributed by atoms with Crippen LogP contribution in [0.15, 0.2) is 58.7 Å². The maximum atomic E-state index is 12.1. The Morgan fingerprint density at radius 2 is 1.34 bits per heavy atom. The van der Waals surface area contributed by atoms with Crippen molar-refractivity contribution >= 4 is 5.91 Å². The minimum atomic E-state index is -0.130. The number of carbonyl (C=O) groups excluding carboxylic acids is 1. The van der Waals surface area contributed by atoms with E-state index in [4.69, 9.17) is 28.4 Å². The lowest BCUT2D eigenvalue weighted by atomic mass is 9.72. The summed E-state index contributed by atoms with van der Waals surface area (Å²) in [6.45, 7) is 17.1. The van der Waals surface area contributed by atoms with E-state index in [2.05, 4.69) is 51.2 Å². The van der Waals surface area contributed by atoms with E-state index >= 15 is 0 Å². The first-order chi connectivity index (χ1) is 19.8. The van der Waals surface area contributed by atoms with Gasteiger partial charge in [-0.05, 0) is 56.6 Å². The van der Waals surface area contributed by atoms with Crippen molar-refractivity contribution in [1.82, 2.24) is 5.32 Å². The fourth-order valence-corrected chi connectivity index (χ4v) is 4.31. The van der Waals surface area contributed by atoms with Crippen LogP contribution in [0.1, 0.15) is 53.9 Å². The summed E-state index contributed by atoms with van der Waals surface area (Å²) in [5, 5.41) is 2.84. The molecular formula is C33H55NO7. The van der Waals surface area contributed by atoms with E-state index in [0.29, 0.717) is 79.2 Å². The van der Waals surface area contributed by atoms with E-state index in [1.165, 1.54) is 36.0 Å². The first kappa shape index (κ1) is 37.0. The highest BCUT2D eigenvalue weighted by Gasteiger charge is 2.26. The molecule has 1 N–H and O–H groups in total. The van der Waals surface area contributed by atoms with E-state index in [0.717, 1.165) is 5.57 Å². The molecule has 1 amide bonds. The molecule has 0 aromatic rings. The van der Waals surface area contributed by atoms with Crippen LogP contribution in [-0.2, 0) is 33.2 Å². The quantitative estimate of drug-likeness (QED) is 0.0994. The average Bonchev–Trinajstić information content (AvgIpc) is 2.91. The largest absolute Gasteiger partial charge is 0.382 e. The lowest BCUT2D eigenvalue weighted by Crippen LogP contribution is -2.26. The molecule has 0 bridgehead atoms. The number of carbonyl (C=O) groups is 1. The van der Waals surface area contributed by atoms with Gasteiger partial charge in [0.1, 0.15) is 0 Å². The first-order valence-corrected chi connectivity index (χ1v) is 14.8. The van der Waals surface area contributed by atoms with Crippen LogP contribution in [0, 0.1) is 5.41 Å². The van der Waals surface area contributed by atoms with E-state index in [1.807, 2.05) is 19.1 Å².